The highest BCUT2D eigenvalue weighted by Gasteiger charge is 2.14. The molecule has 1 aromatic heterocycles. The number of thiophene rings is 1. The van der Waals surface area contributed by atoms with Crippen molar-refractivity contribution in [1.82, 2.24) is 5.32 Å². The fourth-order valence-corrected chi connectivity index (χ4v) is 2.65. The van der Waals surface area contributed by atoms with E-state index in [0.717, 1.165) is 5.56 Å². The van der Waals surface area contributed by atoms with E-state index in [0.29, 0.717) is 0 Å². The number of benzene rings is 1. The number of rotatable bonds is 4. The first-order valence-corrected chi connectivity index (χ1v) is 6.60. The Morgan fingerprint density at radius 1 is 1.06 bits per heavy atom. The number of hydrogen-bond acceptors (Lipinski definition) is 2. The van der Waals surface area contributed by atoms with Crippen LogP contribution in [0, 0.1) is 5.82 Å². The van der Waals surface area contributed by atoms with Gasteiger partial charge in [0.1, 0.15) is 5.82 Å². The van der Waals surface area contributed by atoms with Crippen LogP contribution in [0.1, 0.15) is 36.4 Å². The molecule has 0 fully saturated rings. The standard InChI is InChI=1S/C14H16FNS/c1-10(12-6-3-4-7-13(12)15)16-11(2)14-8-5-9-17-14/h3-11,16H,1-2H3/t10?,11-/m1/s1. The van der Waals surface area contributed by atoms with Crippen LogP contribution in [0.2, 0.25) is 0 Å². The molecule has 0 saturated heterocycles. The Kier molecular flexibility index (Phi) is 3.92. The maximum Gasteiger partial charge on any atom is 0.127 e. The van der Waals surface area contributed by atoms with E-state index in [2.05, 4.69) is 23.7 Å². The molecule has 0 spiro atoms. The van der Waals surface area contributed by atoms with Crippen molar-refractivity contribution in [2.75, 3.05) is 0 Å². The van der Waals surface area contributed by atoms with E-state index >= 15 is 0 Å². The number of nitrogens with one attached hydrogen (secondary N) is 1. The minimum Gasteiger partial charge on any atom is -0.303 e. The highest BCUT2D eigenvalue weighted by molar-refractivity contribution is 7.10. The SMILES string of the molecule is CC(N[C@H](C)c1cccs1)c1ccccc1F. The zero-order chi connectivity index (χ0) is 12.3. The molecule has 2 rings (SSSR count). The van der Waals surface area contributed by atoms with E-state index in [1.807, 2.05) is 25.1 Å². The van der Waals surface area contributed by atoms with Gasteiger partial charge in [-0.3, -0.25) is 0 Å². The smallest absolute Gasteiger partial charge is 0.127 e. The Morgan fingerprint density at radius 2 is 1.82 bits per heavy atom. The summed E-state index contributed by atoms with van der Waals surface area (Å²) in [5.74, 6) is -0.147. The lowest BCUT2D eigenvalue weighted by Crippen LogP contribution is -2.22. The third-order valence-electron chi connectivity index (χ3n) is 2.84. The summed E-state index contributed by atoms with van der Waals surface area (Å²) in [6.45, 7) is 4.09. The van der Waals surface area contributed by atoms with Gasteiger partial charge in [0.25, 0.3) is 0 Å². The zero-order valence-corrected chi connectivity index (χ0v) is 10.8. The second kappa shape index (κ2) is 5.43. The van der Waals surface area contributed by atoms with E-state index in [1.165, 1.54) is 10.9 Å². The van der Waals surface area contributed by atoms with Gasteiger partial charge in [-0.05, 0) is 31.4 Å². The molecule has 0 aliphatic carbocycles. The van der Waals surface area contributed by atoms with Gasteiger partial charge in [0.15, 0.2) is 0 Å². The molecule has 0 aliphatic heterocycles. The molecule has 90 valence electrons. The lowest BCUT2D eigenvalue weighted by atomic mass is 10.1. The highest BCUT2D eigenvalue weighted by Crippen LogP contribution is 2.23. The van der Waals surface area contributed by atoms with Crippen LogP contribution in [-0.4, -0.2) is 0 Å². The topological polar surface area (TPSA) is 12.0 Å². The molecule has 1 aromatic carbocycles. The van der Waals surface area contributed by atoms with Crippen molar-refractivity contribution in [3.8, 4) is 0 Å². The Balaban J connectivity index is 2.07. The Hall–Kier alpha value is -1.19. The van der Waals surface area contributed by atoms with Crippen LogP contribution in [0.15, 0.2) is 41.8 Å². The van der Waals surface area contributed by atoms with E-state index in [-0.39, 0.29) is 17.9 Å². The zero-order valence-electron chi connectivity index (χ0n) is 9.98. The third kappa shape index (κ3) is 2.93. The molecule has 17 heavy (non-hydrogen) atoms. The number of hydrogen-bond donors (Lipinski definition) is 1. The summed E-state index contributed by atoms with van der Waals surface area (Å²) in [4.78, 5) is 1.27. The first-order valence-electron chi connectivity index (χ1n) is 5.72. The second-order valence-electron chi connectivity index (χ2n) is 4.15. The molecule has 0 bridgehead atoms. The maximum atomic E-state index is 13.6. The molecule has 0 radical (unpaired) electrons. The summed E-state index contributed by atoms with van der Waals surface area (Å²) >= 11 is 1.72. The molecule has 1 unspecified atom stereocenters. The Bertz CT molecular complexity index is 467. The minimum atomic E-state index is -0.147. The number of halogens is 1. The minimum absolute atomic E-state index is 0.00769. The average Bonchev–Trinajstić information content (AvgIpc) is 2.82. The first kappa shape index (κ1) is 12.3. The van der Waals surface area contributed by atoms with Crippen molar-refractivity contribution >= 4 is 11.3 Å². The van der Waals surface area contributed by atoms with Crippen LogP contribution in [-0.2, 0) is 0 Å². The second-order valence-corrected chi connectivity index (χ2v) is 5.13. The summed E-state index contributed by atoms with van der Waals surface area (Å²) in [5.41, 5.74) is 0.718. The predicted molar refractivity (Wildman–Crippen MR) is 70.7 cm³/mol. The van der Waals surface area contributed by atoms with E-state index in [1.54, 1.807) is 17.4 Å². The first-order chi connectivity index (χ1) is 8.18. The van der Waals surface area contributed by atoms with Gasteiger partial charge in [0.05, 0.1) is 0 Å². The molecular weight excluding hydrogens is 233 g/mol. The van der Waals surface area contributed by atoms with Gasteiger partial charge in [-0.25, -0.2) is 4.39 Å². The van der Waals surface area contributed by atoms with Crippen LogP contribution in [0.4, 0.5) is 4.39 Å². The lowest BCUT2D eigenvalue weighted by molar-refractivity contribution is 0.478. The quantitative estimate of drug-likeness (QED) is 0.852. The molecule has 2 aromatic rings. The molecule has 1 nitrogen and oxygen atoms in total. The molecular formula is C14H16FNS. The van der Waals surface area contributed by atoms with Gasteiger partial charge in [-0.2, -0.15) is 0 Å². The van der Waals surface area contributed by atoms with Crippen LogP contribution in [0.5, 0.6) is 0 Å². The maximum absolute atomic E-state index is 13.6. The predicted octanol–water partition coefficient (Wildman–Crippen LogP) is 4.30. The van der Waals surface area contributed by atoms with Crippen LogP contribution in [0.25, 0.3) is 0 Å². The van der Waals surface area contributed by atoms with Crippen molar-refractivity contribution in [3.05, 3.63) is 58.0 Å². The fourth-order valence-electron chi connectivity index (χ4n) is 1.91. The molecule has 1 N–H and O–H groups in total. The van der Waals surface area contributed by atoms with Gasteiger partial charge in [0.2, 0.25) is 0 Å². The summed E-state index contributed by atoms with van der Waals surface area (Å²) in [7, 11) is 0. The van der Waals surface area contributed by atoms with E-state index in [4.69, 9.17) is 0 Å². The lowest BCUT2D eigenvalue weighted by Gasteiger charge is -2.19. The van der Waals surface area contributed by atoms with E-state index < -0.39 is 0 Å². The van der Waals surface area contributed by atoms with Crippen molar-refractivity contribution < 1.29 is 4.39 Å². The van der Waals surface area contributed by atoms with Gasteiger partial charge in [-0.1, -0.05) is 24.3 Å². The summed E-state index contributed by atoms with van der Waals surface area (Å²) in [5, 5.41) is 5.47. The van der Waals surface area contributed by atoms with Crippen molar-refractivity contribution in [2.24, 2.45) is 0 Å². The third-order valence-corrected chi connectivity index (χ3v) is 3.90. The normalized spacial score (nSPS) is 14.5. The van der Waals surface area contributed by atoms with Crippen molar-refractivity contribution in [1.29, 1.82) is 0 Å². The Morgan fingerprint density at radius 3 is 2.47 bits per heavy atom. The van der Waals surface area contributed by atoms with Crippen molar-refractivity contribution in [3.63, 3.8) is 0 Å². The van der Waals surface area contributed by atoms with Crippen molar-refractivity contribution in [2.45, 2.75) is 25.9 Å². The Labute approximate surface area is 105 Å². The monoisotopic (exact) mass is 249 g/mol. The van der Waals surface area contributed by atoms with E-state index in [9.17, 15) is 4.39 Å². The van der Waals surface area contributed by atoms with Gasteiger partial charge in [-0.15, -0.1) is 11.3 Å². The van der Waals surface area contributed by atoms with Gasteiger partial charge in [0, 0.05) is 22.5 Å². The van der Waals surface area contributed by atoms with Crippen LogP contribution < -0.4 is 5.32 Å². The molecule has 3 heteroatoms. The average molecular weight is 249 g/mol. The fraction of sp³-hybridized carbons (Fsp3) is 0.286. The van der Waals surface area contributed by atoms with Gasteiger partial charge < -0.3 is 5.32 Å². The molecule has 0 saturated carbocycles. The molecule has 0 aliphatic rings. The molecule has 0 amide bonds. The summed E-state index contributed by atoms with van der Waals surface area (Å²) < 4.78 is 13.6. The van der Waals surface area contributed by atoms with Gasteiger partial charge >= 0.3 is 0 Å². The van der Waals surface area contributed by atoms with Crippen LogP contribution >= 0.6 is 11.3 Å². The highest BCUT2D eigenvalue weighted by atomic mass is 32.1. The largest absolute Gasteiger partial charge is 0.303 e. The molecule has 2 atom stereocenters. The summed E-state index contributed by atoms with van der Waals surface area (Å²) in [6.07, 6.45) is 0. The molecule has 1 heterocycles. The van der Waals surface area contributed by atoms with Crippen LogP contribution in [0.3, 0.4) is 0 Å². The summed E-state index contributed by atoms with van der Waals surface area (Å²) in [6, 6.07) is 11.3.